The van der Waals surface area contributed by atoms with Gasteiger partial charge in [-0.3, -0.25) is 0 Å². The van der Waals surface area contributed by atoms with E-state index >= 15 is 0 Å². The van der Waals surface area contributed by atoms with Crippen molar-refractivity contribution in [2.45, 2.75) is 24.1 Å². The topological polar surface area (TPSA) is 51.8 Å². The van der Waals surface area contributed by atoms with E-state index in [2.05, 4.69) is 15.2 Å². The smallest absolute Gasteiger partial charge is 0.263 e. The Labute approximate surface area is 119 Å². The summed E-state index contributed by atoms with van der Waals surface area (Å²) in [6.07, 6.45) is 0. The number of oxazole rings is 1. The van der Waals surface area contributed by atoms with Crippen molar-refractivity contribution in [3.05, 3.63) is 40.5 Å². The minimum atomic E-state index is 0.430. The SMILES string of the molecule is Cc1c(Cl)nnc(Sc2nc3ccccc3o2)c1C. The third kappa shape index (κ3) is 2.31. The number of hydrogen-bond donors (Lipinski definition) is 0. The number of rotatable bonds is 2. The second-order valence-electron chi connectivity index (χ2n) is 4.10. The van der Waals surface area contributed by atoms with Crippen molar-refractivity contribution in [3.63, 3.8) is 0 Å². The van der Waals surface area contributed by atoms with Crippen LogP contribution in [0.2, 0.25) is 5.15 Å². The van der Waals surface area contributed by atoms with E-state index in [0.717, 1.165) is 27.3 Å². The van der Waals surface area contributed by atoms with Crippen molar-refractivity contribution in [2.24, 2.45) is 0 Å². The molecular formula is C13H10ClN3OS. The summed E-state index contributed by atoms with van der Waals surface area (Å²) < 4.78 is 5.65. The van der Waals surface area contributed by atoms with E-state index in [0.29, 0.717) is 10.4 Å². The zero-order chi connectivity index (χ0) is 13.4. The zero-order valence-corrected chi connectivity index (χ0v) is 11.9. The van der Waals surface area contributed by atoms with Crippen LogP contribution in [-0.4, -0.2) is 15.2 Å². The van der Waals surface area contributed by atoms with Crippen LogP contribution in [0.4, 0.5) is 0 Å². The first-order valence-electron chi connectivity index (χ1n) is 5.68. The number of fused-ring (bicyclic) bond motifs is 1. The van der Waals surface area contributed by atoms with Gasteiger partial charge in [-0.1, -0.05) is 23.7 Å². The lowest BCUT2D eigenvalue weighted by atomic mass is 10.2. The Morgan fingerprint density at radius 1 is 1.11 bits per heavy atom. The summed E-state index contributed by atoms with van der Waals surface area (Å²) in [7, 11) is 0. The normalized spacial score (nSPS) is 11.1. The molecule has 0 aliphatic heterocycles. The van der Waals surface area contributed by atoms with E-state index in [4.69, 9.17) is 16.0 Å². The first-order valence-corrected chi connectivity index (χ1v) is 6.87. The molecule has 0 N–H and O–H groups in total. The molecule has 0 atom stereocenters. The second kappa shape index (κ2) is 4.83. The van der Waals surface area contributed by atoms with E-state index in [1.807, 2.05) is 38.1 Å². The van der Waals surface area contributed by atoms with Crippen molar-refractivity contribution in [1.82, 2.24) is 15.2 Å². The molecule has 3 aromatic rings. The lowest BCUT2D eigenvalue weighted by Crippen LogP contribution is -1.95. The van der Waals surface area contributed by atoms with Crippen LogP contribution < -0.4 is 0 Å². The van der Waals surface area contributed by atoms with Gasteiger partial charge in [0.1, 0.15) is 10.5 Å². The van der Waals surface area contributed by atoms with Crippen LogP contribution in [-0.2, 0) is 0 Å². The molecule has 4 nitrogen and oxygen atoms in total. The van der Waals surface area contributed by atoms with Gasteiger partial charge in [0, 0.05) is 0 Å². The summed E-state index contributed by atoms with van der Waals surface area (Å²) in [5.41, 5.74) is 3.52. The highest BCUT2D eigenvalue weighted by Crippen LogP contribution is 2.32. The Bertz CT molecular complexity index is 724. The Morgan fingerprint density at radius 2 is 1.89 bits per heavy atom. The van der Waals surface area contributed by atoms with Crippen molar-refractivity contribution < 1.29 is 4.42 Å². The molecule has 0 aliphatic carbocycles. The minimum Gasteiger partial charge on any atom is -0.431 e. The number of benzene rings is 1. The second-order valence-corrected chi connectivity index (χ2v) is 5.39. The van der Waals surface area contributed by atoms with Crippen LogP contribution in [0, 0.1) is 13.8 Å². The van der Waals surface area contributed by atoms with Gasteiger partial charge in [0.2, 0.25) is 0 Å². The maximum atomic E-state index is 5.93. The number of halogens is 1. The molecule has 19 heavy (non-hydrogen) atoms. The number of hydrogen-bond acceptors (Lipinski definition) is 5. The summed E-state index contributed by atoms with van der Waals surface area (Å²) in [4.78, 5) is 4.40. The van der Waals surface area contributed by atoms with E-state index in [1.165, 1.54) is 11.8 Å². The van der Waals surface area contributed by atoms with Gasteiger partial charge in [-0.05, 0) is 48.9 Å². The van der Waals surface area contributed by atoms with Crippen molar-refractivity contribution >= 4 is 34.5 Å². The molecule has 96 valence electrons. The molecule has 0 radical (unpaired) electrons. The van der Waals surface area contributed by atoms with Crippen LogP contribution in [0.25, 0.3) is 11.1 Å². The van der Waals surface area contributed by atoms with Crippen LogP contribution >= 0.6 is 23.4 Å². The number of para-hydroxylation sites is 2. The molecule has 2 heterocycles. The quantitative estimate of drug-likeness (QED) is 0.713. The molecule has 0 saturated carbocycles. The van der Waals surface area contributed by atoms with Gasteiger partial charge in [-0.2, -0.15) is 0 Å². The maximum Gasteiger partial charge on any atom is 0.263 e. The number of aromatic nitrogens is 3. The highest BCUT2D eigenvalue weighted by Gasteiger charge is 2.13. The summed E-state index contributed by atoms with van der Waals surface area (Å²) in [6, 6.07) is 7.64. The maximum absolute atomic E-state index is 5.93. The average molecular weight is 292 g/mol. The van der Waals surface area contributed by atoms with Crippen LogP contribution in [0.3, 0.4) is 0 Å². The molecule has 1 aromatic carbocycles. The molecule has 0 saturated heterocycles. The van der Waals surface area contributed by atoms with Gasteiger partial charge in [0.25, 0.3) is 5.22 Å². The highest BCUT2D eigenvalue weighted by atomic mass is 35.5. The third-order valence-corrected chi connectivity index (χ3v) is 4.17. The van der Waals surface area contributed by atoms with Gasteiger partial charge >= 0.3 is 0 Å². The minimum absolute atomic E-state index is 0.430. The van der Waals surface area contributed by atoms with Gasteiger partial charge in [0.05, 0.1) is 0 Å². The lowest BCUT2D eigenvalue weighted by Gasteiger charge is -2.04. The average Bonchev–Trinajstić information content (AvgIpc) is 2.82. The highest BCUT2D eigenvalue weighted by molar-refractivity contribution is 7.99. The van der Waals surface area contributed by atoms with Crippen molar-refractivity contribution in [2.75, 3.05) is 0 Å². The van der Waals surface area contributed by atoms with Crippen LogP contribution in [0.15, 0.2) is 38.9 Å². The van der Waals surface area contributed by atoms with Crippen molar-refractivity contribution in [1.29, 1.82) is 0 Å². The molecule has 0 unspecified atom stereocenters. The van der Waals surface area contributed by atoms with E-state index < -0.39 is 0 Å². The fraction of sp³-hybridized carbons (Fsp3) is 0.154. The Hall–Kier alpha value is -1.59. The van der Waals surface area contributed by atoms with Crippen molar-refractivity contribution in [3.8, 4) is 0 Å². The third-order valence-electron chi connectivity index (χ3n) is 2.88. The molecule has 3 rings (SSSR count). The van der Waals surface area contributed by atoms with Gasteiger partial charge in [0.15, 0.2) is 10.7 Å². The Kier molecular flexibility index (Phi) is 3.16. The lowest BCUT2D eigenvalue weighted by molar-refractivity contribution is 0.489. The molecule has 2 aromatic heterocycles. The monoisotopic (exact) mass is 291 g/mol. The molecule has 0 bridgehead atoms. The van der Waals surface area contributed by atoms with E-state index in [9.17, 15) is 0 Å². The van der Waals surface area contributed by atoms with Crippen LogP contribution in [0.1, 0.15) is 11.1 Å². The predicted molar refractivity (Wildman–Crippen MR) is 74.6 cm³/mol. The molecular weight excluding hydrogens is 282 g/mol. The summed E-state index contributed by atoms with van der Waals surface area (Å²) in [5, 5.41) is 9.74. The van der Waals surface area contributed by atoms with Gasteiger partial charge < -0.3 is 4.42 Å². The zero-order valence-electron chi connectivity index (χ0n) is 10.3. The van der Waals surface area contributed by atoms with Gasteiger partial charge in [-0.15, -0.1) is 10.2 Å². The largest absolute Gasteiger partial charge is 0.431 e. The fourth-order valence-corrected chi connectivity index (χ4v) is 2.64. The molecule has 0 amide bonds. The number of nitrogens with zero attached hydrogens (tertiary/aromatic N) is 3. The van der Waals surface area contributed by atoms with Crippen LogP contribution in [0.5, 0.6) is 0 Å². The first kappa shape index (κ1) is 12.4. The summed E-state index contributed by atoms with van der Waals surface area (Å²) in [6.45, 7) is 3.88. The summed E-state index contributed by atoms with van der Waals surface area (Å²) >= 11 is 7.28. The predicted octanol–water partition coefficient (Wildman–Crippen LogP) is 4.04. The molecule has 0 fully saturated rings. The molecule has 0 aliphatic rings. The van der Waals surface area contributed by atoms with Gasteiger partial charge in [-0.25, -0.2) is 4.98 Å². The van der Waals surface area contributed by atoms with E-state index in [-0.39, 0.29) is 0 Å². The van der Waals surface area contributed by atoms with E-state index in [1.54, 1.807) is 0 Å². The molecule has 6 heteroatoms. The summed E-state index contributed by atoms with van der Waals surface area (Å²) in [5.74, 6) is 0. The Balaban J connectivity index is 1.99. The molecule has 0 spiro atoms. The standard InChI is InChI=1S/C13H10ClN3OS/c1-7-8(2)12(17-16-11(7)14)19-13-15-9-5-3-4-6-10(9)18-13/h3-6H,1-2H3. The Morgan fingerprint density at radius 3 is 2.68 bits per heavy atom. The fourth-order valence-electron chi connectivity index (χ4n) is 1.63. The first-order chi connectivity index (χ1) is 9.15.